The molecular weight excluding hydrogens is 374 g/mol. The first-order chi connectivity index (χ1) is 13.7. The van der Waals surface area contributed by atoms with Crippen LogP contribution < -0.4 is 4.74 Å². The highest BCUT2D eigenvalue weighted by molar-refractivity contribution is 8.00. The summed E-state index contributed by atoms with van der Waals surface area (Å²) in [6.07, 6.45) is 4.92. The molecule has 2 aromatic heterocycles. The molecule has 28 heavy (non-hydrogen) atoms. The maximum atomic E-state index is 13.3. The Labute approximate surface area is 167 Å². The highest BCUT2D eigenvalue weighted by Crippen LogP contribution is 2.26. The van der Waals surface area contributed by atoms with Gasteiger partial charge in [0.25, 0.3) is 5.91 Å². The highest BCUT2D eigenvalue weighted by Gasteiger charge is 2.31. The summed E-state index contributed by atoms with van der Waals surface area (Å²) in [5, 5.41) is 8.54. The summed E-state index contributed by atoms with van der Waals surface area (Å²) in [5.74, 6) is 1.46. The number of amides is 1. The van der Waals surface area contributed by atoms with Crippen LogP contribution in [-0.4, -0.2) is 61.0 Å². The molecular formula is C20H21N5O2S. The third-order valence-corrected chi connectivity index (χ3v) is 6.02. The number of hydrogen-bond acceptors (Lipinski definition) is 6. The third kappa shape index (κ3) is 4.01. The van der Waals surface area contributed by atoms with E-state index in [0.29, 0.717) is 30.3 Å². The van der Waals surface area contributed by atoms with Crippen LogP contribution in [-0.2, 0) is 0 Å². The molecule has 0 unspecified atom stereocenters. The average Bonchev–Trinajstić information content (AvgIpc) is 3.28. The minimum atomic E-state index is -0.0106. The van der Waals surface area contributed by atoms with Gasteiger partial charge in [0, 0.05) is 30.6 Å². The van der Waals surface area contributed by atoms with E-state index in [4.69, 9.17) is 4.74 Å². The topological polar surface area (TPSA) is 73.1 Å². The van der Waals surface area contributed by atoms with Crippen LogP contribution >= 0.6 is 11.8 Å². The monoisotopic (exact) mass is 395 g/mol. The summed E-state index contributed by atoms with van der Waals surface area (Å²) >= 11 is 1.83. The number of carbonyl (C=O) groups excluding carboxylic acids is 1. The Morgan fingerprint density at radius 3 is 2.71 bits per heavy atom. The van der Waals surface area contributed by atoms with Crippen LogP contribution in [0.1, 0.15) is 17.3 Å². The van der Waals surface area contributed by atoms with Crippen molar-refractivity contribution in [3.05, 3.63) is 66.6 Å². The molecule has 0 aliphatic carbocycles. The second kappa shape index (κ2) is 8.43. The Kier molecular flexibility index (Phi) is 5.57. The quantitative estimate of drug-likeness (QED) is 0.661. The number of rotatable bonds is 5. The molecule has 3 aromatic rings. The minimum absolute atomic E-state index is 0.0106. The molecule has 1 aromatic carbocycles. The fourth-order valence-electron chi connectivity index (χ4n) is 3.14. The van der Waals surface area contributed by atoms with Crippen molar-refractivity contribution in [3.63, 3.8) is 0 Å². The van der Waals surface area contributed by atoms with Crippen molar-refractivity contribution in [2.45, 2.75) is 18.2 Å². The first kappa shape index (κ1) is 18.5. The van der Waals surface area contributed by atoms with E-state index in [1.807, 2.05) is 59.1 Å². The lowest BCUT2D eigenvalue weighted by Crippen LogP contribution is -2.49. The molecule has 1 saturated heterocycles. The number of para-hydroxylation sites is 1. The predicted octanol–water partition coefficient (Wildman–Crippen LogP) is 2.69. The van der Waals surface area contributed by atoms with Crippen molar-refractivity contribution in [1.82, 2.24) is 24.9 Å². The molecule has 0 radical (unpaired) electrons. The molecule has 1 aliphatic heterocycles. The van der Waals surface area contributed by atoms with Gasteiger partial charge >= 0.3 is 0 Å². The van der Waals surface area contributed by atoms with Gasteiger partial charge in [-0.25, -0.2) is 4.98 Å². The Morgan fingerprint density at radius 1 is 1.14 bits per heavy atom. The van der Waals surface area contributed by atoms with Crippen molar-refractivity contribution in [3.8, 4) is 11.6 Å². The second-order valence-corrected chi connectivity index (χ2v) is 7.91. The minimum Gasteiger partial charge on any atom is -0.476 e. The molecule has 144 valence electrons. The standard InChI is InChI=1S/C20H21N5O2S/c1-15-14-28-16(13-27-19-8-4-5-9-21-19)12-24(15)20(26)17-6-2-3-7-18(17)25-22-10-11-23-25/h2-11,15-16H,12-14H2,1H3/t15-,16-/m1/s1. The van der Waals surface area contributed by atoms with Gasteiger partial charge in [0.1, 0.15) is 6.61 Å². The summed E-state index contributed by atoms with van der Waals surface area (Å²) in [6.45, 7) is 3.22. The van der Waals surface area contributed by atoms with Crippen molar-refractivity contribution in [2.24, 2.45) is 0 Å². The normalized spacial score (nSPS) is 19.4. The first-order valence-corrected chi connectivity index (χ1v) is 10.2. The summed E-state index contributed by atoms with van der Waals surface area (Å²) < 4.78 is 5.80. The van der Waals surface area contributed by atoms with Crippen LogP contribution in [0.5, 0.6) is 5.88 Å². The molecule has 0 N–H and O–H groups in total. The van der Waals surface area contributed by atoms with Crippen molar-refractivity contribution >= 4 is 17.7 Å². The molecule has 0 bridgehead atoms. The summed E-state index contributed by atoms with van der Waals surface area (Å²) in [6, 6.07) is 13.2. The summed E-state index contributed by atoms with van der Waals surface area (Å²) in [5.41, 5.74) is 1.28. The molecule has 2 atom stereocenters. The van der Waals surface area contributed by atoms with Crippen LogP contribution in [0.2, 0.25) is 0 Å². The maximum absolute atomic E-state index is 13.3. The number of aromatic nitrogens is 4. The Bertz CT molecular complexity index is 919. The van der Waals surface area contributed by atoms with Crippen molar-refractivity contribution in [2.75, 3.05) is 18.9 Å². The van der Waals surface area contributed by atoms with E-state index >= 15 is 0 Å². The first-order valence-electron chi connectivity index (χ1n) is 9.14. The molecule has 0 saturated carbocycles. The molecule has 1 aliphatic rings. The molecule has 1 fully saturated rings. The molecule has 3 heterocycles. The number of ether oxygens (including phenoxy) is 1. The zero-order valence-electron chi connectivity index (χ0n) is 15.5. The number of hydrogen-bond donors (Lipinski definition) is 0. The Balaban J connectivity index is 1.49. The smallest absolute Gasteiger partial charge is 0.256 e. The van der Waals surface area contributed by atoms with E-state index in [-0.39, 0.29) is 17.2 Å². The van der Waals surface area contributed by atoms with Gasteiger partial charge in [-0.05, 0) is 25.1 Å². The van der Waals surface area contributed by atoms with E-state index in [9.17, 15) is 4.79 Å². The summed E-state index contributed by atoms with van der Waals surface area (Å²) in [7, 11) is 0. The van der Waals surface area contributed by atoms with Gasteiger partial charge in [-0.15, -0.1) is 0 Å². The van der Waals surface area contributed by atoms with E-state index in [1.165, 1.54) is 4.80 Å². The largest absolute Gasteiger partial charge is 0.476 e. The molecule has 8 heteroatoms. The summed E-state index contributed by atoms with van der Waals surface area (Å²) in [4.78, 5) is 20.9. The van der Waals surface area contributed by atoms with Gasteiger partial charge in [-0.3, -0.25) is 4.79 Å². The van der Waals surface area contributed by atoms with E-state index in [1.54, 1.807) is 18.6 Å². The fraction of sp³-hybridized carbons (Fsp3) is 0.300. The number of nitrogens with zero attached hydrogens (tertiary/aromatic N) is 5. The van der Waals surface area contributed by atoms with Gasteiger partial charge in [-0.1, -0.05) is 18.2 Å². The Hall–Kier alpha value is -2.87. The van der Waals surface area contributed by atoms with E-state index < -0.39 is 0 Å². The van der Waals surface area contributed by atoms with Gasteiger partial charge in [0.05, 0.1) is 28.9 Å². The number of thioether (sulfide) groups is 1. The molecule has 7 nitrogen and oxygen atoms in total. The van der Waals surface area contributed by atoms with Gasteiger partial charge in [0.2, 0.25) is 5.88 Å². The SMILES string of the molecule is C[C@@H]1CS[C@@H](COc2ccccn2)CN1C(=O)c1ccccc1-n1nccn1. The lowest BCUT2D eigenvalue weighted by Gasteiger charge is -2.37. The molecule has 4 rings (SSSR count). The molecule has 1 amide bonds. The number of pyridine rings is 1. The Morgan fingerprint density at radius 2 is 1.93 bits per heavy atom. The predicted molar refractivity (Wildman–Crippen MR) is 108 cm³/mol. The van der Waals surface area contributed by atoms with Gasteiger partial charge in [0.15, 0.2) is 0 Å². The highest BCUT2D eigenvalue weighted by atomic mass is 32.2. The van der Waals surface area contributed by atoms with Crippen molar-refractivity contribution < 1.29 is 9.53 Å². The van der Waals surface area contributed by atoms with Crippen molar-refractivity contribution in [1.29, 1.82) is 0 Å². The number of carbonyl (C=O) groups is 1. The fourth-order valence-corrected chi connectivity index (χ4v) is 4.30. The third-order valence-electron chi connectivity index (χ3n) is 4.59. The van der Waals surface area contributed by atoms with Gasteiger partial charge in [-0.2, -0.15) is 26.8 Å². The lowest BCUT2D eigenvalue weighted by molar-refractivity contribution is 0.0692. The lowest BCUT2D eigenvalue weighted by atomic mass is 10.1. The molecule has 0 spiro atoms. The van der Waals surface area contributed by atoms with Crippen LogP contribution in [0.3, 0.4) is 0 Å². The van der Waals surface area contributed by atoms with Crippen LogP contribution in [0.25, 0.3) is 5.69 Å². The van der Waals surface area contributed by atoms with Crippen LogP contribution in [0.4, 0.5) is 0 Å². The zero-order chi connectivity index (χ0) is 19.3. The number of benzene rings is 1. The van der Waals surface area contributed by atoms with E-state index in [2.05, 4.69) is 22.1 Å². The maximum Gasteiger partial charge on any atom is 0.256 e. The average molecular weight is 395 g/mol. The van der Waals surface area contributed by atoms with Crippen LogP contribution in [0.15, 0.2) is 61.1 Å². The van der Waals surface area contributed by atoms with Gasteiger partial charge < -0.3 is 9.64 Å². The van der Waals surface area contributed by atoms with E-state index in [0.717, 1.165) is 5.75 Å². The second-order valence-electron chi connectivity index (χ2n) is 6.58. The van der Waals surface area contributed by atoms with Crippen LogP contribution in [0, 0.1) is 0 Å². The zero-order valence-corrected chi connectivity index (χ0v) is 16.3.